The normalized spacial score (nSPS) is 16.2. The third kappa shape index (κ3) is 4.92. The van der Waals surface area contributed by atoms with Crippen LogP contribution in [-0.4, -0.2) is 54.1 Å². The molecule has 7 nitrogen and oxygen atoms in total. The zero-order valence-corrected chi connectivity index (χ0v) is 13.8. The Kier molecular flexibility index (Phi) is 5.20. The quantitative estimate of drug-likeness (QED) is 0.480. The monoisotopic (exact) mass is 321 g/mol. The smallest absolute Gasteiger partial charge is 0.320 e. The Balaban J connectivity index is 1.92. The number of ether oxygens (including phenoxy) is 1. The fourth-order valence-corrected chi connectivity index (χ4v) is 2.59. The second-order valence-electron chi connectivity index (χ2n) is 6.60. The molecule has 0 N–H and O–H groups in total. The topological polar surface area (TPSA) is 75.9 Å². The first kappa shape index (κ1) is 17.2. The van der Waals surface area contributed by atoms with Crippen LogP contribution in [0.5, 0.6) is 0 Å². The van der Waals surface area contributed by atoms with Gasteiger partial charge in [-0.05, 0) is 26.8 Å². The molecule has 0 spiro atoms. The Hall–Kier alpha value is -2.15. The first-order chi connectivity index (χ1) is 10.8. The molecule has 7 heteroatoms. The van der Waals surface area contributed by atoms with Gasteiger partial charge >= 0.3 is 5.97 Å². The summed E-state index contributed by atoms with van der Waals surface area (Å²) in [6.07, 6.45) is 0. The van der Waals surface area contributed by atoms with Crippen molar-refractivity contribution in [3.8, 4) is 0 Å². The lowest BCUT2D eigenvalue weighted by Crippen LogP contribution is -2.48. The molecule has 23 heavy (non-hydrogen) atoms. The second-order valence-corrected chi connectivity index (χ2v) is 6.60. The molecule has 1 fully saturated rings. The molecule has 0 amide bonds. The summed E-state index contributed by atoms with van der Waals surface area (Å²) in [4.78, 5) is 26.6. The van der Waals surface area contributed by atoms with Crippen molar-refractivity contribution < 1.29 is 14.5 Å². The molecule has 2 rings (SSSR count). The van der Waals surface area contributed by atoms with Gasteiger partial charge in [0.25, 0.3) is 5.69 Å². The Morgan fingerprint density at radius 3 is 2.39 bits per heavy atom. The summed E-state index contributed by atoms with van der Waals surface area (Å²) < 4.78 is 5.32. The number of hydrogen-bond acceptors (Lipinski definition) is 6. The van der Waals surface area contributed by atoms with E-state index in [2.05, 4.69) is 0 Å². The largest absolute Gasteiger partial charge is 0.459 e. The van der Waals surface area contributed by atoms with E-state index < -0.39 is 5.60 Å². The molecular weight excluding hydrogens is 298 g/mol. The number of carbonyl (C=O) groups is 1. The van der Waals surface area contributed by atoms with E-state index in [1.54, 1.807) is 18.2 Å². The number of rotatable bonds is 4. The molecular formula is C16H23N3O4. The second kappa shape index (κ2) is 6.95. The predicted octanol–water partition coefficient (Wildman–Crippen LogP) is 2.06. The fraction of sp³-hybridized carbons (Fsp3) is 0.562. The molecule has 126 valence electrons. The van der Waals surface area contributed by atoms with E-state index >= 15 is 0 Å². The molecule has 1 aliphatic heterocycles. The van der Waals surface area contributed by atoms with Crippen LogP contribution in [0.25, 0.3) is 0 Å². The van der Waals surface area contributed by atoms with Gasteiger partial charge in [0.1, 0.15) is 11.3 Å². The average Bonchev–Trinajstić information content (AvgIpc) is 2.46. The first-order valence-electron chi connectivity index (χ1n) is 7.69. The van der Waals surface area contributed by atoms with Crippen LogP contribution in [0.4, 0.5) is 11.4 Å². The zero-order valence-electron chi connectivity index (χ0n) is 13.8. The number of nitrogens with zero attached hydrogens (tertiary/aromatic N) is 3. The maximum atomic E-state index is 11.9. The van der Waals surface area contributed by atoms with Crippen molar-refractivity contribution in [2.24, 2.45) is 0 Å². The van der Waals surface area contributed by atoms with E-state index in [0.29, 0.717) is 31.9 Å². The summed E-state index contributed by atoms with van der Waals surface area (Å²) in [7, 11) is 0. The van der Waals surface area contributed by atoms with Crippen molar-refractivity contribution in [2.75, 3.05) is 37.6 Å². The molecule has 1 heterocycles. The number of nitro groups is 1. The average molecular weight is 321 g/mol. The van der Waals surface area contributed by atoms with Crippen LogP contribution < -0.4 is 4.90 Å². The fourth-order valence-electron chi connectivity index (χ4n) is 2.59. The molecule has 1 saturated heterocycles. The number of nitro benzene ring substituents is 1. The number of anilines is 1. The van der Waals surface area contributed by atoms with E-state index in [9.17, 15) is 14.9 Å². The Labute approximate surface area is 136 Å². The molecule has 0 radical (unpaired) electrons. The van der Waals surface area contributed by atoms with E-state index in [0.717, 1.165) is 0 Å². The highest BCUT2D eigenvalue weighted by Gasteiger charge is 2.25. The summed E-state index contributed by atoms with van der Waals surface area (Å²) >= 11 is 0. The van der Waals surface area contributed by atoms with Crippen LogP contribution >= 0.6 is 0 Å². The van der Waals surface area contributed by atoms with Crippen molar-refractivity contribution in [3.05, 3.63) is 34.4 Å². The highest BCUT2D eigenvalue weighted by atomic mass is 16.6. The van der Waals surface area contributed by atoms with Crippen LogP contribution in [0.15, 0.2) is 24.3 Å². The number of benzene rings is 1. The third-order valence-corrected chi connectivity index (χ3v) is 3.56. The standard InChI is InChI=1S/C16H23N3O4/c1-16(2,3)23-15(20)12-17-8-10-18(11-9-17)13-6-4-5-7-14(13)19(21)22/h4-7H,8-12H2,1-3H3. The highest BCUT2D eigenvalue weighted by molar-refractivity contribution is 5.72. The van der Waals surface area contributed by atoms with Crippen molar-refractivity contribution in [1.29, 1.82) is 0 Å². The summed E-state index contributed by atoms with van der Waals surface area (Å²) in [5.41, 5.74) is 0.270. The molecule has 1 aliphatic rings. The van der Waals surface area contributed by atoms with Gasteiger partial charge in [-0.3, -0.25) is 19.8 Å². The molecule has 0 aromatic heterocycles. The van der Waals surface area contributed by atoms with Crippen molar-refractivity contribution >= 4 is 17.3 Å². The van der Waals surface area contributed by atoms with Gasteiger partial charge in [0.2, 0.25) is 0 Å². The molecule has 0 unspecified atom stereocenters. The van der Waals surface area contributed by atoms with Crippen molar-refractivity contribution in [3.63, 3.8) is 0 Å². The van der Waals surface area contributed by atoms with Gasteiger partial charge in [-0.2, -0.15) is 0 Å². The van der Waals surface area contributed by atoms with Crippen molar-refractivity contribution in [2.45, 2.75) is 26.4 Å². The van der Waals surface area contributed by atoms with Gasteiger partial charge < -0.3 is 9.64 Å². The molecule has 0 saturated carbocycles. The van der Waals surface area contributed by atoms with Crippen LogP contribution in [0.2, 0.25) is 0 Å². The van der Waals surface area contributed by atoms with E-state index in [4.69, 9.17) is 4.74 Å². The SMILES string of the molecule is CC(C)(C)OC(=O)CN1CCN(c2ccccc2[N+](=O)[O-])CC1. The first-order valence-corrected chi connectivity index (χ1v) is 7.69. The minimum Gasteiger partial charge on any atom is -0.459 e. The summed E-state index contributed by atoms with van der Waals surface area (Å²) in [5.74, 6) is -0.239. The van der Waals surface area contributed by atoms with Gasteiger partial charge in [-0.1, -0.05) is 12.1 Å². The number of carbonyl (C=O) groups excluding carboxylic acids is 1. The van der Waals surface area contributed by atoms with Crippen LogP contribution in [-0.2, 0) is 9.53 Å². The van der Waals surface area contributed by atoms with Crippen LogP contribution in [0, 0.1) is 10.1 Å². The maximum Gasteiger partial charge on any atom is 0.320 e. The minimum absolute atomic E-state index is 0.119. The minimum atomic E-state index is -0.483. The molecule has 0 bridgehead atoms. The van der Waals surface area contributed by atoms with Gasteiger partial charge in [0, 0.05) is 32.2 Å². The van der Waals surface area contributed by atoms with Gasteiger partial charge in [0.15, 0.2) is 0 Å². The number of hydrogen-bond donors (Lipinski definition) is 0. The predicted molar refractivity (Wildman–Crippen MR) is 87.6 cm³/mol. The zero-order chi connectivity index (χ0) is 17.0. The lowest BCUT2D eigenvalue weighted by Gasteiger charge is -2.35. The third-order valence-electron chi connectivity index (χ3n) is 3.56. The molecule has 1 aromatic rings. The van der Waals surface area contributed by atoms with Crippen molar-refractivity contribution in [1.82, 2.24) is 4.90 Å². The van der Waals surface area contributed by atoms with Gasteiger partial charge in [-0.15, -0.1) is 0 Å². The number of piperazine rings is 1. The van der Waals surface area contributed by atoms with Gasteiger partial charge in [-0.25, -0.2) is 0 Å². The Morgan fingerprint density at radius 2 is 1.83 bits per heavy atom. The Morgan fingerprint density at radius 1 is 1.22 bits per heavy atom. The Bertz CT molecular complexity index is 575. The summed E-state index contributed by atoms with van der Waals surface area (Å²) in [6, 6.07) is 6.75. The molecule has 0 atom stereocenters. The van der Waals surface area contributed by atoms with Gasteiger partial charge in [0.05, 0.1) is 11.5 Å². The maximum absolute atomic E-state index is 11.9. The molecule has 0 aliphatic carbocycles. The lowest BCUT2D eigenvalue weighted by molar-refractivity contribution is -0.384. The highest BCUT2D eigenvalue weighted by Crippen LogP contribution is 2.28. The summed E-state index contributed by atoms with van der Waals surface area (Å²) in [6.45, 7) is 8.42. The number of para-hydroxylation sites is 2. The van der Waals surface area contributed by atoms with Crippen LogP contribution in [0.1, 0.15) is 20.8 Å². The van der Waals surface area contributed by atoms with E-state index in [-0.39, 0.29) is 23.1 Å². The van der Waals surface area contributed by atoms with E-state index in [1.807, 2.05) is 30.6 Å². The summed E-state index contributed by atoms with van der Waals surface area (Å²) in [5, 5.41) is 11.1. The van der Waals surface area contributed by atoms with E-state index in [1.165, 1.54) is 6.07 Å². The number of esters is 1. The van der Waals surface area contributed by atoms with Crippen LogP contribution in [0.3, 0.4) is 0 Å². The molecule has 1 aromatic carbocycles. The lowest BCUT2D eigenvalue weighted by atomic mass is 10.2.